The Hall–Kier alpha value is -1.93. The average Bonchev–Trinajstić information content (AvgIpc) is 3.06. The second kappa shape index (κ2) is 7.97. The number of nitrogens with one attached hydrogen (secondary N) is 1. The highest BCUT2D eigenvalue weighted by molar-refractivity contribution is 7.16. The molecule has 1 fully saturated rings. The Morgan fingerprint density at radius 3 is 2.72 bits per heavy atom. The smallest absolute Gasteiger partial charge is 0.263 e. The van der Waals surface area contributed by atoms with Gasteiger partial charge >= 0.3 is 0 Å². The average molecular weight is 369 g/mol. The van der Waals surface area contributed by atoms with Gasteiger partial charge in [-0.2, -0.15) is 0 Å². The summed E-state index contributed by atoms with van der Waals surface area (Å²) < 4.78 is 38.5. The van der Waals surface area contributed by atoms with Gasteiger partial charge in [-0.1, -0.05) is 12.1 Å². The predicted octanol–water partition coefficient (Wildman–Crippen LogP) is 3.41. The predicted molar refractivity (Wildman–Crippen MR) is 90.4 cm³/mol. The van der Waals surface area contributed by atoms with Gasteiger partial charge in [0, 0.05) is 24.7 Å². The highest BCUT2D eigenvalue weighted by Gasteiger charge is 2.23. The maximum absolute atomic E-state index is 13.8. The minimum absolute atomic E-state index is 0.0413. The van der Waals surface area contributed by atoms with Gasteiger partial charge in [-0.15, -0.1) is 11.3 Å². The molecule has 0 spiro atoms. The Bertz CT molecular complexity index is 729. The van der Waals surface area contributed by atoms with Crippen molar-refractivity contribution in [1.82, 2.24) is 15.2 Å². The van der Waals surface area contributed by atoms with Crippen molar-refractivity contribution in [2.45, 2.75) is 25.3 Å². The van der Waals surface area contributed by atoms with E-state index < -0.39 is 6.43 Å². The summed E-state index contributed by atoms with van der Waals surface area (Å²) in [6.45, 7) is 0.860. The summed E-state index contributed by atoms with van der Waals surface area (Å²) in [5, 5.41) is 3.37. The number of hydrogen-bond acceptors (Lipinski definition) is 4. The number of likely N-dealkylation sites (tertiary alicyclic amines) is 1. The molecule has 0 bridgehead atoms. The molecule has 3 rings (SSSR count). The molecule has 1 N–H and O–H groups in total. The fraction of sp³-hybridized carbons (Fsp3) is 0.412. The van der Waals surface area contributed by atoms with Crippen LogP contribution >= 0.6 is 11.3 Å². The Labute approximate surface area is 147 Å². The number of carbonyl (C=O) groups is 1. The summed E-state index contributed by atoms with van der Waals surface area (Å²) in [6.07, 6.45) is 0.378. The van der Waals surface area contributed by atoms with Gasteiger partial charge in [-0.3, -0.25) is 9.69 Å². The Kier molecular flexibility index (Phi) is 5.70. The number of benzene rings is 1. The maximum Gasteiger partial charge on any atom is 0.263 e. The molecule has 134 valence electrons. The number of piperidine rings is 1. The summed E-state index contributed by atoms with van der Waals surface area (Å²) in [6, 6.07) is 6.24. The van der Waals surface area contributed by atoms with Gasteiger partial charge in [-0.25, -0.2) is 18.2 Å². The van der Waals surface area contributed by atoms with Crippen LogP contribution in [0.4, 0.5) is 13.2 Å². The first-order valence-corrected chi connectivity index (χ1v) is 8.86. The number of rotatable bonds is 5. The van der Waals surface area contributed by atoms with Crippen molar-refractivity contribution >= 4 is 17.2 Å². The van der Waals surface area contributed by atoms with E-state index in [9.17, 15) is 18.0 Å². The van der Waals surface area contributed by atoms with Crippen LogP contribution in [0.5, 0.6) is 0 Å². The van der Waals surface area contributed by atoms with Crippen LogP contribution < -0.4 is 5.32 Å². The molecule has 1 aliphatic rings. The quantitative estimate of drug-likeness (QED) is 0.879. The number of thiazole rings is 1. The lowest BCUT2D eigenvalue weighted by Gasteiger charge is -2.31. The zero-order valence-corrected chi connectivity index (χ0v) is 14.2. The van der Waals surface area contributed by atoms with Crippen LogP contribution in [0.3, 0.4) is 0 Å². The van der Waals surface area contributed by atoms with Gasteiger partial charge < -0.3 is 5.32 Å². The molecule has 1 aliphatic heterocycles. The van der Waals surface area contributed by atoms with Crippen molar-refractivity contribution in [2.24, 2.45) is 0 Å². The lowest BCUT2D eigenvalue weighted by atomic mass is 10.1. The molecule has 25 heavy (non-hydrogen) atoms. The SMILES string of the molecule is O=C(NC1CCN(CC(F)F)CC1)c1cnc(-c2ccccc2F)s1. The van der Waals surface area contributed by atoms with E-state index in [4.69, 9.17) is 0 Å². The van der Waals surface area contributed by atoms with Crippen LogP contribution in [0, 0.1) is 5.82 Å². The Balaban J connectivity index is 1.57. The Morgan fingerprint density at radius 2 is 2.04 bits per heavy atom. The molecule has 4 nitrogen and oxygen atoms in total. The fourth-order valence-electron chi connectivity index (χ4n) is 2.85. The molecule has 2 heterocycles. The molecule has 8 heteroatoms. The molecule has 2 aromatic rings. The molecule has 0 aliphatic carbocycles. The molecule has 1 amide bonds. The Morgan fingerprint density at radius 1 is 1.32 bits per heavy atom. The zero-order valence-electron chi connectivity index (χ0n) is 13.4. The standard InChI is InChI=1S/C17H18F3N3OS/c18-13-4-2-1-3-12(13)17-21-9-14(25-17)16(24)22-11-5-7-23(8-6-11)10-15(19)20/h1-4,9,11,15H,5-8,10H2,(H,22,24). The molecular formula is C17H18F3N3OS. The minimum atomic E-state index is -2.33. The number of carbonyl (C=O) groups excluding carboxylic acids is 1. The van der Waals surface area contributed by atoms with E-state index >= 15 is 0 Å². The number of amides is 1. The van der Waals surface area contributed by atoms with Gasteiger partial charge in [0.2, 0.25) is 0 Å². The third-order valence-electron chi connectivity index (χ3n) is 4.15. The van der Waals surface area contributed by atoms with Crippen LogP contribution in [0.25, 0.3) is 10.6 Å². The van der Waals surface area contributed by atoms with Crippen molar-refractivity contribution in [1.29, 1.82) is 0 Å². The highest BCUT2D eigenvalue weighted by Crippen LogP contribution is 2.27. The summed E-state index contributed by atoms with van der Waals surface area (Å²) in [7, 11) is 0. The first-order valence-electron chi connectivity index (χ1n) is 8.05. The zero-order chi connectivity index (χ0) is 17.8. The summed E-state index contributed by atoms with van der Waals surface area (Å²) in [5.41, 5.74) is 0.367. The van der Waals surface area contributed by atoms with Gasteiger partial charge in [0.05, 0.1) is 12.7 Å². The second-order valence-corrected chi connectivity index (χ2v) is 6.98. The molecule has 0 unspecified atom stereocenters. The normalized spacial score (nSPS) is 16.3. The molecular weight excluding hydrogens is 351 g/mol. The third kappa shape index (κ3) is 4.58. The van der Waals surface area contributed by atoms with Crippen LogP contribution in [-0.2, 0) is 0 Å². The van der Waals surface area contributed by atoms with E-state index in [2.05, 4.69) is 10.3 Å². The third-order valence-corrected chi connectivity index (χ3v) is 5.18. The van der Waals surface area contributed by atoms with Gasteiger partial charge in [0.25, 0.3) is 12.3 Å². The number of aromatic nitrogens is 1. The van der Waals surface area contributed by atoms with Crippen molar-refractivity contribution in [2.75, 3.05) is 19.6 Å². The van der Waals surface area contributed by atoms with Crippen LogP contribution in [0.1, 0.15) is 22.5 Å². The number of halogens is 3. The lowest BCUT2D eigenvalue weighted by Crippen LogP contribution is -2.45. The lowest BCUT2D eigenvalue weighted by molar-refractivity contribution is 0.0697. The van der Waals surface area contributed by atoms with Crippen molar-refractivity contribution in [3.63, 3.8) is 0 Å². The van der Waals surface area contributed by atoms with Crippen LogP contribution in [0.15, 0.2) is 30.5 Å². The van der Waals surface area contributed by atoms with E-state index in [-0.39, 0.29) is 24.3 Å². The topological polar surface area (TPSA) is 45.2 Å². The van der Waals surface area contributed by atoms with E-state index in [0.29, 0.717) is 41.4 Å². The van der Waals surface area contributed by atoms with Gasteiger partial charge in [0.15, 0.2) is 0 Å². The summed E-state index contributed by atoms with van der Waals surface area (Å²) in [4.78, 5) is 18.6. The van der Waals surface area contributed by atoms with E-state index in [0.717, 1.165) is 11.3 Å². The number of alkyl halides is 2. The van der Waals surface area contributed by atoms with E-state index in [1.807, 2.05) is 0 Å². The van der Waals surface area contributed by atoms with E-state index in [1.165, 1.54) is 12.3 Å². The van der Waals surface area contributed by atoms with Crippen LogP contribution in [0.2, 0.25) is 0 Å². The minimum Gasteiger partial charge on any atom is -0.348 e. The second-order valence-electron chi connectivity index (χ2n) is 5.95. The van der Waals surface area contributed by atoms with Crippen molar-refractivity contribution in [3.8, 4) is 10.6 Å². The molecule has 1 aromatic carbocycles. The first kappa shape index (κ1) is 17.9. The first-order chi connectivity index (χ1) is 12.0. The maximum atomic E-state index is 13.8. The summed E-state index contributed by atoms with van der Waals surface area (Å²) in [5.74, 6) is -0.636. The number of hydrogen-bond donors (Lipinski definition) is 1. The fourth-order valence-corrected chi connectivity index (χ4v) is 3.70. The van der Waals surface area contributed by atoms with Gasteiger partial charge in [0.1, 0.15) is 15.7 Å². The number of nitrogens with zero attached hydrogens (tertiary/aromatic N) is 2. The molecule has 0 saturated carbocycles. The van der Waals surface area contributed by atoms with Crippen LogP contribution in [-0.4, -0.2) is 47.9 Å². The highest BCUT2D eigenvalue weighted by atomic mass is 32.1. The molecule has 1 aromatic heterocycles. The monoisotopic (exact) mass is 369 g/mol. The van der Waals surface area contributed by atoms with E-state index in [1.54, 1.807) is 23.1 Å². The van der Waals surface area contributed by atoms with Gasteiger partial charge in [-0.05, 0) is 25.0 Å². The molecule has 0 radical (unpaired) electrons. The largest absolute Gasteiger partial charge is 0.348 e. The molecule has 0 atom stereocenters. The van der Waals surface area contributed by atoms with Crippen molar-refractivity contribution < 1.29 is 18.0 Å². The van der Waals surface area contributed by atoms with Crippen molar-refractivity contribution in [3.05, 3.63) is 41.2 Å². The summed E-state index contributed by atoms with van der Waals surface area (Å²) >= 11 is 1.13. The molecule has 1 saturated heterocycles.